The van der Waals surface area contributed by atoms with Crippen molar-refractivity contribution in [3.05, 3.63) is 36.2 Å². The summed E-state index contributed by atoms with van der Waals surface area (Å²) in [6.07, 6.45) is 1.48. The van der Waals surface area contributed by atoms with Gasteiger partial charge in [-0.05, 0) is 12.1 Å². The van der Waals surface area contributed by atoms with Crippen molar-refractivity contribution in [3.63, 3.8) is 0 Å². The summed E-state index contributed by atoms with van der Waals surface area (Å²) in [5.41, 5.74) is 13.1. The maximum Gasteiger partial charge on any atom is 0.360 e. The fourth-order valence-corrected chi connectivity index (χ4v) is 1.48. The normalized spacial score (nSPS) is 10.1. The predicted molar refractivity (Wildman–Crippen MR) is 67.6 cm³/mol. The Kier molecular flexibility index (Phi) is 3.09. The van der Waals surface area contributed by atoms with Crippen molar-refractivity contribution in [2.24, 2.45) is 0 Å². The fraction of sp³-hybridized carbons (Fsp3) is 0.0833. The van der Waals surface area contributed by atoms with Crippen LogP contribution in [0.15, 0.2) is 30.5 Å². The molecule has 1 heterocycles. The number of hydrogen-bond donors (Lipinski definition) is 2. The predicted octanol–water partition coefficient (Wildman–Crippen LogP) is 1.09. The van der Waals surface area contributed by atoms with Crippen LogP contribution in [0.4, 0.5) is 11.5 Å². The van der Waals surface area contributed by atoms with Gasteiger partial charge in [-0.25, -0.2) is 14.8 Å². The van der Waals surface area contributed by atoms with Gasteiger partial charge >= 0.3 is 5.97 Å². The smallest absolute Gasteiger partial charge is 0.360 e. The van der Waals surface area contributed by atoms with Crippen molar-refractivity contribution in [2.45, 2.75) is 0 Å². The molecule has 1 aromatic heterocycles. The van der Waals surface area contributed by atoms with Crippen molar-refractivity contribution in [2.75, 3.05) is 18.6 Å². The van der Waals surface area contributed by atoms with E-state index in [2.05, 4.69) is 14.7 Å². The number of carbonyl (C=O) groups excluding carboxylic acids is 1. The van der Waals surface area contributed by atoms with Crippen LogP contribution in [0, 0.1) is 0 Å². The van der Waals surface area contributed by atoms with Gasteiger partial charge in [-0.1, -0.05) is 12.1 Å². The third kappa shape index (κ3) is 2.22. The van der Waals surface area contributed by atoms with Crippen molar-refractivity contribution in [1.82, 2.24) is 9.97 Å². The van der Waals surface area contributed by atoms with Crippen LogP contribution in [0.2, 0.25) is 0 Å². The van der Waals surface area contributed by atoms with E-state index >= 15 is 0 Å². The molecular weight excluding hydrogens is 232 g/mol. The molecule has 1 aromatic carbocycles. The second-order valence-electron chi connectivity index (χ2n) is 3.61. The lowest BCUT2D eigenvalue weighted by Crippen LogP contribution is -2.10. The van der Waals surface area contributed by atoms with Crippen molar-refractivity contribution in [1.29, 1.82) is 0 Å². The van der Waals surface area contributed by atoms with Crippen LogP contribution < -0.4 is 11.5 Å². The molecule has 4 N–H and O–H groups in total. The largest absolute Gasteiger partial charge is 0.464 e. The summed E-state index contributed by atoms with van der Waals surface area (Å²) in [6.45, 7) is 0. The Balaban J connectivity index is 2.50. The molecule has 92 valence electrons. The van der Waals surface area contributed by atoms with Crippen LogP contribution in [-0.4, -0.2) is 23.0 Å². The lowest BCUT2D eigenvalue weighted by atomic mass is 10.1. The summed E-state index contributed by atoms with van der Waals surface area (Å²) in [7, 11) is 1.26. The van der Waals surface area contributed by atoms with E-state index < -0.39 is 5.97 Å². The molecule has 2 rings (SSSR count). The number of carbonyl (C=O) groups is 1. The molecule has 0 fully saturated rings. The van der Waals surface area contributed by atoms with Crippen LogP contribution in [0.5, 0.6) is 0 Å². The number of ether oxygens (including phenoxy) is 1. The summed E-state index contributed by atoms with van der Waals surface area (Å²) >= 11 is 0. The van der Waals surface area contributed by atoms with Gasteiger partial charge in [0.2, 0.25) is 0 Å². The van der Waals surface area contributed by atoms with Crippen LogP contribution in [0.1, 0.15) is 10.5 Å². The van der Waals surface area contributed by atoms with E-state index in [1.54, 1.807) is 18.2 Å². The quantitative estimate of drug-likeness (QED) is 0.605. The molecule has 0 aliphatic carbocycles. The average Bonchev–Trinajstić information content (AvgIpc) is 2.38. The highest BCUT2D eigenvalue weighted by Gasteiger charge is 2.14. The molecule has 0 aliphatic rings. The number of nitrogens with zero attached hydrogens (tertiary/aromatic N) is 2. The van der Waals surface area contributed by atoms with Crippen LogP contribution in [-0.2, 0) is 4.74 Å². The number of aromatic nitrogens is 2. The van der Waals surface area contributed by atoms with Crippen LogP contribution in [0.3, 0.4) is 0 Å². The number of anilines is 2. The monoisotopic (exact) mass is 244 g/mol. The van der Waals surface area contributed by atoms with Gasteiger partial charge < -0.3 is 16.2 Å². The number of methoxy groups -OCH3 is 1. The Morgan fingerprint density at radius 3 is 2.78 bits per heavy atom. The zero-order valence-electron chi connectivity index (χ0n) is 9.75. The number of hydrogen-bond acceptors (Lipinski definition) is 6. The number of esters is 1. The first-order valence-corrected chi connectivity index (χ1v) is 5.18. The topological polar surface area (TPSA) is 104 Å². The first kappa shape index (κ1) is 11.8. The Labute approximate surface area is 104 Å². The minimum absolute atomic E-state index is 0.00238. The summed E-state index contributed by atoms with van der Waals surface area (Å²) in [5.74, 6) is -0.583. The molecule has 0 bridgehead atoms. The highest BCUT2D eigenvalue weighted by atomic mass is 16.5. The lowest BCUT2D eigenvalue weighted by molar-refractivity contribution is 0.0595. The Morgan fingerprint density at radius 1 is 1.33 bits per heavy atom. The van der Waals surface area contributed by atoms with Gasteiger partial charge in [0.05, 0.1) is 19.0 Å². The molecule has 2 aromatic rings. The minimum Gasteiger partial charge on any atom is -0.464 e. The maximum absolute atomic E-state index is 11.5. The first-order valence-electron chi connectivity index (χ1n) is 5.18. The van der Waals surface area contributed by atoms with Crippen molar-refractivity contribution >= 4 is 17.5 Å². The zero-order valence-corrected chi connectivity index (χ0v) is 9.75. The van der Waals surface area contributed by atoms with E-state index in [0.717, 1.165) is 5.56 Å². The second kappa shape index (κ2) is 4.70. The molecule has 0 saturated heterocycles. The van der Waals surface area contributed by atoms with E-state index in [1.807, 2.05) is 6.07 Å². The highest BCUT2D eigenvalue weighted by Crippen LogP contribution is 2.20. The standard InChI is InChI=1S/C12H12N4O2/c1-18-12(17)10-11(14)15-6-9(16-10)7-3-2-4-8(13)5-7/h2-6H,13H2,1H3,(H2,14,15). The first-order chi connectivity index (χ1) is 8.61. The highest BCUT2D eigenvalue weighted by molar-refractivity contribution is 5.92. The number of nitrogens with two attached hydrogens (primary N) is 2. The van der Waals surface area contributed by atoms with Gasteiger partial charge in [0, 0.05) is 11.3 Å². The maximum atomic E-state index is 11.5. The Hall–Kier alpha value is -2.63. The lowest BCUT2D eigenvalue weighted by Gasteiger charge is -2.06. The van der Waals surface area contributed by atoms with E-state index in [1.165, 1.54) is 13.3 Å². The third-order valence-electron chi connectivity index (χ3n) is 2.36. The molecule has 0 saturated carbocycles. The van der Waals surface area contributed by atoms with Gasteiger partial charge in [-0.15, -0.1) is 0 Å². The summed E-state index contributed by atoms with van der Waals surface area (Å²) < 4.78 is 4.59. The number of rotatable bonds is 2. The third-order valence-corrected chi connectivity index (χ3v) is 2.36. The van der Waals surface area contributed by atoms with E-state index in [9.17, 15) is 4.79 Å². The molecule has 0 spiro atoms. The van der Waals surface area contributed by atoms with Gasteiger partial charge in [0.1, 0.15) is 0 Å². The SMILES string of the molecule is COC(=O)c1nc(-c2cccc(N)c2)cnc1N. The van der Waals surface area contributed by atoms with Crippen LogP contribution >= 0.6 is 0 Å². The van der Waals surface area contributed by atoms with Crippen molar-refractivity contribution < 1.29 is 9.53 Å². The average molecular weight is 244 g/mol. The molecular formula is C12H12N4O2. The zero-order chi connectivity index (χ0) is 13.1. The van der Waals surface area contributed by atoms with E-state index in [-0.39, 0.29) is 11.5 Å². The second-order valence-corrected chi connectivity index (χ2v) is 3.61. The molecule has 0 atom stereocenters. The summed E-state index contributed by atoms with van der Waals surface area (Å²) in [4.78, 5) is 19.5. The Bertz CT molecular complexity index is 598. The number of nitrogen functional groups attached to an aromatic ring is 2. The molecule has 0 unspecified atom stereocenters. The van der Waals surface area contributed by atoms with Crippen LogP contribution in [0.25, 0.3) is 11.3 Å². The fourth-order valence-electron chi connectivity index (χ4n) is 1.48. The Morgan fingerprint density at radius 2 is 2.11 bits per heavy atom. The van der Waals surface area contributed by atoms with E-state index in [0.29, 0.717) is 11.4 Å². The summed E-state index contributed by atoms with van der Waals surface area (Å²) in [6, 6.07) is 7.11. The molecule has 0 aliphatic heterocycles. The van der Waals surface area contributed by atoms with Gasteiger partial charge in [-0.3, -0.25) is 0 Å². The molecule has 6 heteroatoms. The van der Waals surface area contributed by atoms with Gasteiger partial charge in [0.15, 0.2) is 11.5 Å². The summed E-state index contributed by atoms with van der Waals surface area (Å²) in [5, 5.41) is 0. The van der Waals surface area contributed by atoms with E-state index in [4.69, 9.17) is 11.5 Å². The van der Waals surface area contributed by atoms with Gasteiger partial charge in [0.25, 0.3) is 0 Å². The van der Waals surface area contributed by atoms with Crippen molar-refractivity contribution in [3.8, 4) is 11.3 Å². The molecule has 0 amide bonds. The minimum atomic E-state index is -0.620. The van der Waals surface area contributed by atoms with Gasteiger partial charge in [-0.2, -0.15) is 0 Å². The molecule has 6 nitrogen and oxygen atoms in total. The molecule has 0 radical (unpaired) electrons. The molecule has 18 heavy (non-hydrogen) atoms. The number of benzene rings is 1.